The maximum absolute atomic E-state index is 12.6. The number of H-pyrrole nitrogens is 1. The van der Waals surface area contributed by atoms with E-state index in [-0.39, 0.29) is 97.0 Å². The molecule has 350 valence electrons. The Morgan fingerprint density at radius 1 is 0.871 bits per heavy atom. The van der Waals surface area contributed by atoms with Crippen LogP contribution >= 0.6 is 0 Å². The molecular weight excluding hydrogens is 803 g/mol. The van der Waals surface area contributed by atoms with Crippen LogP contribution in [0.5, 0.6) is 0 Å². The summed E-state index contributed by atoms with van der Waals surface area (Å²) in [6.07, 6.45) is 2.56. The van der Waals surface area contributed by atoms with Gasteiger partial charge in [-0.25, -0.2) is 19.4 Å². The molecule has 1 rings (SSSR count). The molecule has 0 radical (unpaired) electrons. The van der Waals surface area contributed by atoms with Crippen LogP contribution in [0.4, 0.5) is 20.3 Å². The SMILES string of the molecule is C=CC(=O)COCC(CCC(=O)C(=C)C)OC(=O)NCCC(C)(C)CC(C)CNC(=O)COC(C)CCOC(=O)NCCC(C)(C)CC(C)CNC(=O)Nc1nc(C)cc(=O)[nH]1. The summed E-state index contributed by atoms with van der Waals surface area (Å²) >= 11 is 0. The zero-order valence-electron chi connectivity index (χ0n) is 38.4. The van der Waals surface area contributed by atoms with Crippen molar-refractivity contribution in [3.05, 3.63) is 46.9 Å². The second-order valence-corrected chi connectivity index (χ2v) is 17.7. The Kier molecular flexibility index (Phi) is 25.2. The number of carbonyl (C=O) groups is 6. The van der Waals surface area contributed by atoms with E-state index < -0.39 is 24.3 Å². The highest BCUT2D eigenvalue weighted by Gasteiger charge is 2.24. The highest BCUT2D eigenvalue weighted by molar-refractivity contribution is 5.94. The average molecular weight is 876 g/mol. The molecule has 5 amide bonds. The molecular formula is C44H73N7O11. The van der Waals surface area contributed by atoms with Gasteiger partial charge in [0.2, 0.25) is 11.9 Å². The second kappa shape index (κ2) is 28.5. The molecule has 0 saturated heterocycles. The molecule has 0 fully saturated rings. The fourth-order valence-electron chi connectivity index (χ4n) is 6.53. The molecule has 0 aliphatic heterocycles. The van der Waals surface area contributed by atoms with Crippen LogP contribution in [0.25, 0.3) is 0 Å². The molecule has 4 unspecified atom stereocenters. The first kappa shape index (κ1) is 54.9. The van der Waals surface area contributed by atoms with Gasteiger partial charge in [0, 0.05) is 50.8 Å². The number of nitrogens with one attached hydrogen (secondary N) is 6. The van der Waals surface area contributed by atoms with E-state index in [0.29, 0.717) is 56.7 Å². The Bertz CT molecular complexity index is 1690. The van der Waals surface area contributed by atoms with E-state index in [2.05, 4.69) is 77.4 Å². The Balaban J connectivity index is 2.27. The van der Waals surface area contributed by atoms with Crippen LogP contribution in [0.2, 0.25) is 0 Å². The van der Waals surface area contributed by atoms with Crippen LogP contribution in [0.3, 0.4) is 0 Å². The van der Waals surface area contributed by atoms with Crippen molar-refractivity contribution in [2.45, 2.75) is 119 Å². The lowest BCUT2D eigenvalue weighted by Crippen LogP contribution is -2.36. The molecule has 1 heterocycles. The van der Waals surface area contributed by atoms with Gasteiger partial charge in [0.05, 0.1) is 19.3 Å². The van der Waals surface area contributed by atoms with Gasteiger partial charge in [-0.05, 0) is 87.2 Å². The zero-order valence-corrected chi connectivity index (χ0v) is 38.4. The third kappa shape index (κ3) is 27.0. The summed E-state index contributed by atoms with van der Waals surface area (Å²) < 4.78 is 21.8. The Hall–Kier alpha value is -5.10. The monoisotopic (exact) mass is 876 g/mol. The molecule has 0 bridgehead atoms. The van der Waals surface area contributed by atoms with Crippen molar-refractivity contribution < 1.29 is 47.7 Å². The number of aryl methyl sites for hydroxylation is 1. The number of hydrogen-bond donors (Lipinski definition) is 6. The molecule has 4 atom stereocenters. The predicted molar refractivity (Wildman–Crippen MR) is 237 cm³/mol. The number of hydrogen-bond acceptors (Lipinski definition) is 12. The third-order valence-corrected chi connectivity index (χ3v) is 9.78. The average Bonchev–Trinajstić information content (AvgIpc) is 3.16. The molecule has 0 spiro atoms. The predicted octanol–water partition coefficient (Wildman–Crippen LogP) is 5.51. The lowest BCUT2D eigenvalue weighted by Gasteiger charge is -2.28. The molecule has 18 nitrogen and oxygen atoms in total. The zero-order chi connectivity index (χ0) is 46.9. The first-order valence-corrected chi connectivity index (χ1v) is 21.3. The summed E-state index contributed by atoms with van der Waals surface area (Å²) in [6, 6.07) is 0.868. The van der Waals surface area contributed by atoms with Crippen molar-refractivity contribution in [3.8, 4) is 0 Å². The number of aromatic nitrogens is 2. The number of carbonyl (C=O) groups excluding carboxylic acids is 6. The Morgan fingerprint density at radius 2 is 1.47 bits per heavy atom. The molecule has 18 heteroatoms. The minimum absolute atomic E-state index is 0.0444. The number of aromatic amines is 1. The first-order valence-electron chi connectivity index (χ1n) is 21.3. The fraction of sp³-hybridized carbons (Fsp3) is 0.682. The molecule has 1 aromatic rings. The lowest BCUT2D eigenvalue weighted by atomic mass is 9.80. The fourth-order valence-corrected chi connectivity index (χ4v) is 6.53. The van der Waals surface area contributed by atoms with Gasteiger partial charge < -0.3 is 40.2 Å². The molecule has 62 heavy (non-hydrogen) atoms. The van der Waals surface area contributed by atoms with E-state index >= 15 is 0 Å². The van der Waals surface area contributed by atoms with Crippen molar-refractivity contribution in [2.75, 3.05) is 57.9 Å². The molecule has 0 aliphatic carbocycles. The van der Waals surface area contributed by atoms with Gasteiger partial charge in [0.15, 0.2) is 11.6 Å². The van der Waals surface area contributed by atoms with Crippen LogP contribution in [0.15, 0.2) is 35.7 Å². The molecule has 0 saturated carbocycles. The number of nitrogens with zero attached hydrogens (tertiary/aromatic N) is 1. The summed E-state index contributed by atoms with van der Waals surface area (Å²) in [6.45, 7) is 25.9. The van der Waals surface area contributed by atoms with Crippen LogP contribution in [-0.4, -0.2) is 110 Å². The summed E-state index contributed by atoms with van der Waals surface area (Å²) in [7, 11) is 0. The van der Waals surface area contributed by atoms with Gasteiger partial charge in [0.25, 0.3) is 5.56 Å². The van der Waals surface area contributed by atoms with Crippen LogP contribution < -0.4 is 32.1 Å². The number of ketones is 2. The summed E-state index contributed by atoms with van der Waals surface area (Å²) in [5.41, 5.74) is 0.250. The maximum atomic E-state index is 12.6. The Labute approximate surface area is 366 Å². The van der Waals surface area contributed by atoms with E-state index in [4.69, 9.17) is 18.9 Å². The smallest absolute Gasteiger partial charge is 0.407 e. The van der Waals surface area contributed by atoms with Crippen molar-refractivity contribution in [2.24, 2.45) is 22.7 Å². The summed E-state index contributed by atoms with van der Waals surface area (Å²) in [4.78, 5) is 91.3. The largest absolute Gasteiger partial charge is 0.449 e. The van der Waals surface area contributed by atoms with Gasteiger partial charge in [0.1, 0.15) is 19.3 Å². The topological polar surface area (TPSA) is 245 Å². The number of alkyl carbamates (subject to hydrolysis) is 2. The molecule has 6 N–H and O–H groups in total. The molecule has 0 aliphatic rings. The van der Waals surface area contributed by atoms with Gasteiger partial charge in [-0.3, -0.25) is 29.5 Å². The summed E-state index contributed by atoms with van der Waals surface area (Å²) in [5, 5.41) is 13.8. The van der Waals surface area contributed by atoms with Crippen molar-refractivity contribution in [1.29, 1.82) is 0 Å². The number of allylic oxidation sites excluding steroid dienone is 1. The van der Waals surface area contributed by atoms with Crippen LogP contribution in [0, 0.1) is 29.6 Å². The van der Waals surface area contributed by atoms with Gasteiger partial charge >= 0.3 is 18.2 Å². The quantitative estimate of drug-likeness (QED) is 0.0506. The van der Waals surface area contributed by atoms with E-state index in [0.717, 1.165) is 18.9 Å². The van der Waals surface area contributed by atoms with E-state index in [1.54, 1.807) is 20.8 Å². The van der Waals surface area contributed by atoms with Crippen molar-refractivity contribution >= 4 is 41.6 Å². The van der Waals surface area contributed by atoms with Gasteiger partial charge in [-0.15, -0.1) is 0 Å². The standard InChI is InChI=1S/C44H73N7O11/c1-12-34(52)26-59-27-35(13-14-36(53)29(2)3)62-42(58)46-19-17-44(10,11)22-30(4)24-47-38(55)28-61-33(7)15-20-60-41(57)45-18-16-43(8,9)23-31(5)25-48-40(56)51-39-49-32(6)21-37(54)50-39/h12,21,30-31,33,35H,1-2,13-20,22-28H2,3-11H3,(H,45,57)(H,46,58)(H,47,55)(H3,48,49,50,51,54,56). The molecule has 0 aromatic carbocycles. The van der Waals surface area contributed by atoms with Gasteiger partial charge in [-0.1, -0.05) is 54.7 Å². The van der Waals surface area contributed by atoms with Crippen molar-refractivity contribution in [1.82, 2.24) is 31.2 Å². The minimum atomic E-state index is -0.727. The number of rotatable bonds is 31. The second-order valence-electron chi connectivity index (χ2n) is 17.7. The van der Waals surface area contributed by atoms with E-state index in [1.807, 2.05) is 13.8 Å². The highest BCUT2D eigenvalue weighted by Crippen LogP contribution is 2.29. The van der Waals surface area contributed by atoms with Crippen molar-refractivity contribution in [3.63, 3.8) is 0 Å². The molecule has 1 aromatic heterocycles. The Morgan fingerprint density at radius 3 is 2.05 bits per heavy atom. The maximum Gasteiger partial charge on any atom is 0.407 e. The van der Waals surface area contributed by atoms with Crippen LogP contribution in [0.1, 0.15) is 106 Å². The number of Topliss-reactive ketones (excluding diaryl/α,β-unsaturated/α-hetero) is 1. The van der Waals surface area contributed by atoms with Crippen LogP contribution in [-0.2, 0) is 33.3 Å². The number of amides is 5. The van der Waals surface area contributed by atoms with E-state index in [1.165, 1.54) is 6.07 Å². The van der Waals surface area contributed by atoms with E-state index in [9.17, 15) is 33.6 Å². The number of ether oxygens (including phenoxy) is 4. The highest BCUT2D eigenvalue weighted by atomic mass is 16.6. The normalized spacial score (nSPS) is 13.4. The minimum Gasteiger partial charge on any atom is -0.449 e. The van der Waals surface area contributed by atoms with Gasteiger partial charge in [-0.2, -0.15) is 0 Å². The lowest BCUT2D eigenvalue weighted by molar-refractivity contribution is -0.128. The summed E-state index contributed by atoms with van der Waals surface area (Å²) in [5.74, 6) is -0.350. The number of anilines is 1. The number of urea groups is 1. The first-order chi connectivity index (χ1) is 29.0. The third-order valence-electron chi connectivity index (χ3n) is 9.78.